The largest absolute Gasteiger partial charge is 0.504 e. The second-order valence-electron chi connectivity index (χ2n) is 17.3. The summed E-state index contributed by atoms with van der Waals surface area (Å²) in [6.07, 6.45) is -14.4. The molecule has 6 aromatic carbocycles. The molecular weight excluding hydrogens is 1060 g/mol. The van der Waals surface area contributed by atoms with E-state index in [2.05, 4.69) is 0 Å². The van der Waals surface area contributed by atoms with Gasteiger partial charge in [-0.2, -0.15) is 0 Å². The van der Waals surface area contributed by atoms with Gasteiger partial charge in [-0.1, -0.05) is 0 Å². The van der Waals surface area contributed by atoms with Crippen LogP contribution in [-0.4, -0.2) is 159 Å². The van der Waals surface area contributed by atoms with Crippen LogP contribution in [-0.2, 0) is 28.4 Å². The summed E-state index contributed by atoms with van der Waals surface area (Å²) < 4.78 is 34.1. The van der Waals surface area contributed by atoms with Gasteiger partial charge in [0.15, 0.2) is 105 Å². The van der Waals surface area contributed by atoms with Crippen LogP contribution in [0.5, 0.6) is 103 Å². The van der Waals surface area contributed by atoms with Gasteiger partial charge in [0, 0.05) is 33.4 Å². The highest BCUT2D eigenvalue weighted by atomic mass is 16.7. The summed E-state index contributed by atoms with van der Waals surface area (Å²) in [6, 6.07) is 1.86. The van der Waals surface area contributed by atoms with Crippen LogP contribution in [0.2, 0.25) is 0 Å². The quantitative estimate of drug-likeness (QED) is 0.0672. The molecule has 4 bridgehead atoms. The third kappa shape index (κ3) is 6.96. The van der Waals surface area contributed by atoms with Gasteiger partial charge in [-0.15, -0.1) is 0 Å². The number of ether oxygens (including phenoxy) is 6. The SMILES string of the molecule is O=C(OC1c2c(O)c(O)c(O)c3c2C(=O)OC1C1OC(=O)c2c(c(O)c(O)c(O)c2-3)-c2c(cc(O)c(O)c2O)C(=O)OC2COC(=O)c3cc(O)c(O)c(O)c3-c3c(cc(O)c(O)c3O)C(=O)OC21)c1cc(O)c(O)c(O)c1. The zero-order valence-corrected chi connectivity index (χ0v) is 37.9. The van der Waals surface area contributed by atoms with E-state index in [0.29, 0.717) is 18.2 Å². The first-order valence-electron chi connectivity index (χ1n) is 21.6. The van der Waals surface area contributed by atoms with E-state index in [-0.39, 0.29) is 12.1 Å². The Morgan fingerprint density at radius 2 is 0.731 bits per heavy atom. The number of carbonyl (C=O) groups is 6. The van der Waals surface area contributed by atoms with Gasteiger partial charge in [0.1, 0.15) is 6.61 Å². The molecule has 0 fully saturated rings. The van der Waals surface area contributed by atoms with Gasteiger partial charge in [0.05, 0.1) is 38.9 Å². The second-order valence-corrected chi connectivity index (χ2v) is 17.3. The van der Waals surface area contributed by atoms with Crippen molar-refractivity contribution in [2.75, 3.05) is 6.61 Å². The van der Waals surface area contributed by atoms with Gasteiger partial charge in [0.2, 0.25) is 28.7 Å². The Kier molecular flexibility index (Phi) is 10.9. The van der Waals surface area contributed by atoms with Crippen molar-refractivity contribution in [1.29, 1.82) is 0 Å². The first kappa shape index (κ1) is 50.1. The topological polar surface area (TPSA) is 522 Å². The third-order valence-electron chi connectivity index (χ3n) is 13.0. The van der Waals surface area contributed by atoms with Gasteiger partial charge in [-0.05, 0) is 30.3 Å². The minimum absolute atomic E-state index is 0.272. The average Bonchev–Trinajstić information content (AvgIpc) is 3.64. The normalized spacial score (nSPS) is 19.2. The number of phenolic OH excluding ortho intramolecular Hbond substituents is 18. The summed E-state index contributed by atoms with van der Waals surface area (Å²) in [4.78, 5) is 88.5. The average molecular weight is 1090 g/mol. The third-order valence-corrected chi connectivity index (χ3v) is 13.0. The van der Waals surface area contributed by atoms with Crippen molar-refractivity contribution in [2.45, 2.75) is 30.5 Å². The highest BCUT2D eigenvalue weighted by molar-refractivity contribution is 6.16. The van der Waals surface area contributed by atoms with Gasteiger partial charge in [-0.3, -0.25) is 0 Å². The van der Waals surface area contributed by atoms with Crippen LogP contribution in [0.1, 0.15) is 73.8 Å². The molecule has 18 N–H and O–H groups in total. The van der Waals surface area contributed by atoms with Crippen molar-refractivity contribution in [3.8, 4) is 137 Å². The molecule has 4 aliphatic rings. The summed E-state index contributed by atoms with van der Waals surface area (Å²) >= 11 is 0. The fourth-order valence-electron chi connectivity index (χ4n) is 9.40. The van der Waals surface area contributed by atoms with E-state index >= 15 is 4.79 Å². The van der Waals surface area contributed by atoms with Crippen molar-refractivity contribution >= 4 is 35.8 Å². The van der Waals surface area contributed by atoms with Crippen LogP contribution in [0, 0.1) is 0 Å². The van der Waals surface area contributed by atoms with Crippen LogP contribution in [0.4, 0.5) is 0 Å². The van der Waals surface area contributed by atoms with Crippen LogP contribution < -0.4 is 0 Å². The van der Waals surface area contributed by atoms with Crippen LogP contribution >= 0.6 is 0 Å². The molecule has 0 saturated heterocycles. The number of carbonyl (C=O) groups excluding carboxylic acids is 6. The molecule has 30 nitrogen and oxygen atoms in total. The number of hydrogen-bond acceptors (Lipinski definition) is 30. The molecule has 5 atom stereocenters. The molecule has 10 rings (SSSR count). The van der Waals surface area contributed by atoms with Crippen molar-refractivity contribution in [3.63, 3.8) is 0 Å². The maximum atomic E-state index is 15.4. The molecule has 5 unspecified atom stereocenters. The van der Waals surface area contributed by atoms with Gasteiger partial charge >= 0.3 is 35.8 Å². The summed E-state index contributed by atoms with van der Waals surface area (Å²) in [5.74, 6) is -39.3. The van der Waals surface area contributed by atoms with E-state index in [1.807, 2.05) is 0 Å². The van der Waals surface area contributed by atoms with E-state index in [0.717, 1.165) is 0 Å². The molecule has 0 aliphatic carbocycles. The highest BCUT2D eigenvalue weighted by Gasteiger charge is 2.57. The lowest BCUT2D eigenvalue weighted by atomic mass is 9.80. The van der Waals surface area contributed by atoms with Crippen molar-refractivity contribution in [2.24, 2.45) is 0 Å². The Morgan fingerprint density at radius 1 is 0.359 bits per heavy atom. The molecule has 78 heavy (non-hydrogen) atoms. The van der Waals surface area contributed by atoms with Crippen LogP contribution in [0.15, 0.2) is 30.3 Å². The number of cyclic esters (lactones) is 1. The Bertz CT molecular complexity index is 3800. The maximum absolute atomic E-state index is 15.4. The van der Waals surface area contributed by atoms with E-state index in [9.17, 15) is 116 Å². The van der Waals surface area contributed by atoms with Gasteiger partial charge in [-0.25, -0.2) is 28.8 Å². The number of benzene rings is 6. The van der Waals surface area contributed by atoms with Crippen LogP contribution in [0.25, 0.3) is 33.4 Å². The smallest absolute Gasteiger partial charge is 0.340 e. The lowest BCUT2D eigenvalue weighted by Crippen LogP contribution is -2.56. The van der Waals surface area contributed by atoms with Crippen molar-refractivity contribution in [1.82, 2.24) is 0 Å². The van der Waals surface area contributed by atoms with Gasteiger partial charge in [0.25, 0.3) is 0 Å². The monoisotopic (exact) mass is 1090 g/mol. The molecular formula is C48H30O30. The molecule has 4 aliphatic heterocycles. The minimum atomic E-state index is -3.02. The lowest BCUT2D eigenvalue weighted by Gasteiger charge is -2.41. The highest BCUT2D eigenvalue weighted by Crippen LogP contribution is 2.62. The van der Waals surface area contributed by atoms with E-state index in [4.69, 9.17) is 28.4 Å². The Morgan fingerprint density at radius 3 is 1.24 bits per heavy atom. The molecule has 6 aromatic rings. The first-order chi connectivity index (χ1) is 36.7. The second kappa shape index (κ2) is 17.0. The number of fused-ring (bicyclic) bond motifs is 13. The van der Waals surface area contributed by atoms with Gasteiger partial charge < -0.3 is 120 Å². The number of aromatic hydroxyl groups is 18. The Labute approximate surface area is 427 Å². The molecule has 0 radical (unpaired) electrons. The fraction of sp³-hybridized carbons (Fsp3) is 0.125. The molecule has 0 spiro atoms. The lowest BCUT2D eigenvalue weighted by molar-refractivity contribution is -0.155. The first-order valence-corrected chi connectivity index (χ1v) is 21.6. The Balaban J connectivity index is 1.36. The standard InChI is InChI=1S/C48H30O30/c49-11-1-7(2-12(50)26(11)54)43(67)76-40-25-24-22(35(63)38(66)36(25)64)21-23-20(33(61)37(65)34(21)62)19-10(5-15(53)29(57)32(19)60)45(69)74-16-6-73-44(68)8-3-13(51)27(55)30(58)17(8)18-9(4-14(52)28(56)31(18)59)46(70)75-39(16)41(77-47(23)71)42(40)78-48(24)72/h1-5,16,39-42,49-66H,6H2. The molecule has 402 valence electrons. The predicted molar refractivity (Wildman–Crippen MR) is 241 cm³/mol. The molecule has 0 aromatic heterocycles. The number of esters is 6. The summed E-state index contributed by atoms with van der Waals surface area (Å²) in [5, 5.41) is 199. The van der Waals surface area contributed by atoms with Crippen LogP contribution in [0.3, 0.4) is 0 Å². The predicted octanol–water partition coefficient (Wildman–Crippen LogP) is 2.30. The molecule has 0 saturated carbocycles. The van der Waals surface area contributed by atoms with E-state index in [1.54, 1.807) is 0 Å². The number of phenols is 18. The summed E-state index contributed by atoms with van der Waals surface area (Å²) in [6.45, 7) is -1.63. The number of rotatable bonds is 2. The zero-order valence-electron chi connectivity index (χ0n) is 37.9. The Hall–Kier alpha value is -11.5. The van der Waals surface area contributed by atoms with Crippen molar-refractivity contribution in [3.05, 3.63) is 69.3 Å². The molecule has 30 heteroatoms. The minimum Gasteiger partial charge on any atom is -0.504 e. The van der Waals surface area contributed by atoms with E-state index < -0.39 is 249 Å². The zero-order chi connectivity index (χ0) is 56.7. The van der Waals surface area contributed by atoms with Crippen molar-refractivity contribution < 1.29 is 149 Å². The molecule has 0 amide bonds. The maximum Gasteiger partial charge on any atom is 0.340 e. The van der Waals surface area contributed by atoms with E-state index in [1.165, 1.54) is 0 Å². The molecule has 4 heterocycles. The summed E-state index contributed by atoms with van der Waals surface area (Å²) in [7, 11) is 0. The number of hydrogen-bond donors (Lipinski definition) is 18. The fourth-order valence-corrected chi connectivity index (χ4v) is 9.40. The summed E-state index contributed by atoms with van der Waals surface area (Å²) in [5.41, 5.74) is -17.1.